The molecule has 0 saturated heterocycles. The Kier molecular flexibility index (Phi) is 3.48. The third-order valence-corrected chi connectivity index (χ3v) is 4.24. The summed E-state index contributed by atoms with van der Waals surface area (Å²) in [6, 6.07) is 6.05. The van der Waals surface area contributed by atoms with Gasteiger partial charge in [-0.1, -0.05) is 13.8 Å². The van der Waals surface area contributed by atoms with Gasteiger partial charge in [-0.15, -0.1) is 0 Å². The molecule has 0 atom stereocenters. The number of nitrogens with zero attached hydrogens (tertiary/aromatic N) is 1. The second kappa shape index (κ2) is 4.76. The summed E-state index contributed by atoms with van der Waals surface area (Å²) in [4.78, 5) is 3.27. The van der Waals surface area contributed by atoms with Crippen molar-refractivity contribution in [2.24, 2.45) is 0 Å². The Morgan fingerprint density at radius 3 is 2.56 bits per heavy atom. The van der Waals surface area contributed by atoms with E-state index in [1.165, 1.54) is 0 Å². The maximum atomic E-state index is 5.48. The lowest BCUT2D eigenvalue weighted by Gasteiger charge is -2.29. The third kappa shape index (κ3) is 1.94. The predicted molar refractivity (Wildman–Crippen MR) is 77.9 cm³/mol. The summed E-state index contributed by atoms with van der Waals surface area (Å²) in [7, 11) is 1.68. The summed E-state index contributed by atoms with van der Waals surface area (Å²) >= 11 is 5.48. The summed E-state index contributed by atoms with van der Waals surface area (Å²) in [6.45, 7) is 6.65. The zero-order valence-electron chi connectivity index (χ0n) is 11.4. The molecular weight excluding hydrogens is 244 g/mol. The van der Waals surface area contributed by atoms with Crippen LogP contribution in [0.15, 0.2) is 18.2 Å². The molecule has 0 unspecified atom stereocenters. The number of benzene rings is 1. The van der Waals surface area contributed by atoms with Crippen molar-refractivity contribution in [3.05, 3.63) is 23.0 Å². The quantitative estimate of drug-likeness (QED) is 0.837. The Balaban J connectivity index is 2.72. The second-order valence-corrected chi connectivity index (χ2v) is 5.24. The smallest absolute Gasteiger partial charge is 0.178 e. The molecule has 0 aliphatic rings. The van der Waals surface area contributed by atoms with E-state index in [-0.39, 0.29) is 5.54 Å². The fourth-order valence-corrected chi connectivity index (χ4v) is 2.75. The van der Waals surface area contributed by atoms with E-state index in [0.717, 1.165) is 34.4 Å². The van der Waals surface area contributed by atoms with E-state index in [0.29, 0.717) is 0 Å². The summed E-state index contributed by atoms with van der Waals surface area (Å²) in [5.41, 5.74) is 2.24. The summed E-state index contributed by atoms with van der Waals surface area (Å²) in [5.74, 6) is 0.848. The van der Waals surface area contributed by atoms with Gasteiger partial charge in [0.25, 0.3) is 0 Å². The van der Waals surface area contributed by atoms with E-state index in [1.54, 1.807) is 7.11 Å². The molecule has 1 aromatic heterocycles. The standard InChI is InChI=1S/C14H20N2OS/c1-5-14(3,6-2)16-12-8-7-10(17-4)9-11(12)15-13(16)18/h7-9H,5-6H2,1-4H3,(H,15,18). The molecule has 4 heteroatoms. The van der Waals surface area contributed by atoms with E-state index < -0.39 is 0 Å². The Bertz CT molecular complexity index is 608. The average molecular weight is 264 g/mol. The normalized spacial score (nSPS) is 12.0. The van der Waals surface area contributed by atoms with Gasteiger partial charge >= 0.3 is 0 Å². The van der Waals surface area contributed by atoms with Crippen molar-refractivity contribution in [1.29, 1.82) is 0 Å². The van der Waals surface area contributed by atoms with Crippen molar-refractivity contribution in [3.63, 3.8) is 0 Å². The van der Waals surface area contributed by atoms with Gasteiger partial charge in [-0.05, 0) is 44.1 Å². The van der Waals surface area contributed by atoms with Crippen molar-refractivity contribution in [1.82, 2.24) is 9.55 Å². The number of hydrogen-bond acceptors (Lipinski definition) is 2. The maximum absolute atomic E-state index is 5.48. The summed E-state index contributed by atoms with van der Waals surface area (Å²) in [5, 5.41) is 0. The fourth-order valence-electron chi connectivity index (χ4n) is 2.32. The zero-order valence-corrected chi connectivity index (χ0v) is 12.2. The minimum Gasteiger partial charge on any atom is -0.497 e. The molecule has 1 aromatic carbocycles. The van der Waals surface area contributed by atoms with Gasteiger partial charge in [0.15, 0.2) is 4.77 Å². The molecule has 1 N–H and O–H groups in total. The number of aromatic amines is 1. The molecule has 0 bridgehead atoms. The van der Waals surface area contributed by atoms with Crippen LogP contribution in [-0.2, 0) is 5.54 Å². The van der Waals surface area contributed by atoms with Gasteiger partial charge in [0.05, 0.1) is 18.1 Å². The van der Waals surface area contributed by atoms with Crippen LogP contribution < -0.4 is 4.74 Å². The Hall–Kier alpha value is -1.29. The van der Waals surface area contributed by atoms with Gasteiger partial charge in [-0.25, -0.2) is 0 Å². The molecule has 3 nitrogen and oxygen atoms in total. The molecule has 0 saturated carbocycles. The molecule has 18 heavy (non-hydrogen) atoms. The maximum Gasteiger partial charge on any atom is 0.178 e. The van der Waals surface area contributed by atoms with Crippen molar-refractivity contribution < 1.29 is 4.74 Å². The van der Waals surface area contributed by atoms with Crippen molar-refractivity contribution >= 4 is 23.3 Å². The highest BCUT2D eigenvalue weighted by molar-refractivity contribution is 7.71. The van der Waals surface area contributed by atoms with E-state index in [2.05, 4.69) is 36.4 Å². The van der Waals surface area contributed by atoms with Gasteiger partial charge in [0.2, 0.25) is 0 Å². The van der Waals surface area contributed by atoms with Crippen LogP contribution in [0.5, 0.6) is 5.75 Å². The van der Waals surface area contributed by atoms with Crippen LogP contribution in [0.25, 0.3) is 11.0 Å². The first kappa shape index (κ1) is 13.1. The van der Waals surface area contributed by atoms with Crippen LogP contribution in [0.3, 0.4) is 0 Å². The first-order chi connectivity index (χ1) is 8.55. The Morgan fingerprint density at radius 2 is 2.00 bits per heavy atom. The number of nitrogens with one attached hydrogen (secondary N) is 1. The van der Waals surface area contributed by atoms with Crippen molar-refractivity contribution in [3.8, 4) is 5.75 Å². The molecule has 98 valence electrons. The minimum absolute atomic E-state index is 0.0594. The number of aromatic nitrogens is 2. The van der Waals surface area contributed by atoms with Crippen molar-refractivity contribution in [2.75, 3.05) is 7.11 Å². The minimum atomic E-state index is 0.0594. The highest BCUT2D eigenvalue weighted by Crippen LogP contribution is 2.30. The number of hydrogen-bond donors (Lipinski definition) is 1. The summed E-state index contributed by atoms with van der Waals surface area (Å²) in [6.07, 6.45) is 2.10. The molecule has 0 amide bonds. The van der Waals surface area contributed by atoms with Gasteiger partial charge in [-0.3, -0.25) is 0 Å². The van der Waals surface area contributed by atoms with Gasteiger partial charge < -0.3 is 14.3 Å². The zero-order chi connectivity index (χ0) is 13.3. The van der Waals surface area contributed by atoms with Crippen LogP contribution in [-0.4, -0.2) is 16.7 Å². The fraction of sp³-hybridized carbons (Fsp3) is 0.500. The van der Waals surface area contributed by atoms with Gasteiger partial charge in [0, 0.05) is 11.6 Å². The van der Waals surface area contributed by atoms with E-state index >= 15 is 0 Å². The molecule has 0 aliphatic carbocycles. The number of methoxy groups -OCH3 is 1. The number of H-pyrrole nitrogens is 1. The number of rotatable bonds is 4. The molecule has 0 aliphatic heterocycles. The van der Waals surface area contributed by atoms with Crippen LogP contribution in [0.2, 0.25) is 0 Å². The predicted octanol–water partition coefficient (Wildman–Crippen LogP) is 4.24. The van der Waals surface area contributed by atoms with Crippen LogP contribution in [0.4, 0.5) is 0 Å². The van der Waals surface area contributed by atoms with Gasteiger partial charge in [0.1, 0.15) is 5.75 Å². The van der Waals surface area contributed by atoms with Gasteiger partial charge in [-0.2, -0.15) is 0 Å². The number of imidazole rings is 1. The number of ether oxygens (including phenoxy) is 1. The molecule has 0 fully saturated rings. The lowest BCUT2D eigenvalue weighted by atomic mass is 9.95. The lowest BCUT2D eigenvalue weighted by Crippen LogP contribution is -2.28. The highest BCUT2D eigenvalue weighted by Gasteiger charge is 2.24. The van der Waals surface area contributed by atoms with Crippen LogP contribution >= 0.6 is 12.2 Å². The third-order valence-electron chi connectivity index (χ3n) is 3.95. The molecule has 0 radical (unpaired) electrons. The van der Waals surface area contributed by atoms with E-state index in [9.17, 15) is 0 Å². The summed E-state index contributed by atoms with van der Waals surface area (Å²) < 4.78 is 8.26. The molecule has 2 aromatic rings. The van der Waals surface area contributed by atoms with Crippen molar-refractivity contribution in [2.45, 2.75) is 39.2 Å². The Labute approximate surface area is 113 Å². The van der Waals surface area contributed by atoms with E-state index in [1.807, 2.05) is 12.1 Å². The highest BCUT2D eigenvalue weighted by atomic mass is 32.1. The lowest BCUT2D eigenvalue weighted by molar-refractivity contribution is 0.299. The molecular formula is C14H20N2OS. The SMILES string of the molecule is CCC(C)(CC)n1c(=S)[nH]c2cc(OC)ccc21. The molecule has 1 heterocycles. The van der Waals surface area contributed by atoms with Crippen LogP contribution in [0.1, 0.15) is 33.6 Å². The largest absolute Gasteiger partial charge is 0.497 e. The first-order valence-corrected chi connectivity index (χ1v) is 6.75. The van der Waals surface area contributed by atoms with Crippen LogP contribution in [0, 0.1) is 4.77 Å². The second-order valence-electron chi connectivity index (χ2n) is 4.85. The first-order valence-electron chi connectivity index (χ1n) is 6.35. The average Bonchev–Trinajstić information content (AvgIpc) is 2.73. The Morgan fingerprint density at radius 1 is 1.33 bits per heavy atom. The topological polar surface area (TPSA) is 29.9 Å². The monoisotopic (exact) mass is 264 g/mol. The number of fused-ring (bicyclic) bond motifs is 1. The molecule has 0 spiro atoms. The molecule has 2 rings (SSSR count). The van der Waals surface area contributed by atoms with E-state index in [4.69, 9.17) is 17.0 Å².